The maximum Gasteiger partial charge on any atom is 0.472 e. The minimum absolute atomic E-state index is 0.0579. The van der Waals surface area contributed by atoms with Crippen molar-refractivity contribution in [3.8, 4) is 0 Å². The van der Waals surface area contributed by atoms with Gasteiger partial charge in [0.05, 0.1) is 39.9 Å². The topological polar surface area (TPSA) is 105 Å². The van der Waals surface area contributed by atoms with Crippen LogP contribution in [0, 0.1) is 0 Å². The molecule has 0 aliphatic carbocycles. The second kappa shape index (κ2) is 32.9. The SMILES string of the molecule is CCCCCCCC/C=C/CC/C=C/C(O)C(COP(=O)(O)OCC[N+](C)(C)C)NC(=O)CCCCCCCCCCCCCCCCC. The van der Waals surface area contributed by atoms with E-state index in [0.717, 1.165) is 38.5 Å². The molecule has 0 aromatic carbocycles. The minimum atomic E-state index is -4.33. The van der Waals surface area contributed by atoms with Crippen LogP contribution in [0.5, 0.6) is 0 Å². The number of likely N-dealkylation sites (N-methyl/N-ethyl adjacent to an activating group) is 1. The number of phosphoric acid groups is 1. The summed E-state index contributed by atoms with van der Waals surface area (Å²) in [5.41, 5.74) is 0. The van der Waals surface area contributed by atoms with E-state index in [4.69, 9.17) is 9.05 Å². The molecule has 0 spiro atoms. The van der Waals surface area contributed by atoms with Crippen LogP contribution in [0.2, 0.25) is 0 Å². The smallest absolute Gasteiger partial charge is 0.387 e. The highest BCUT2D eigenvalue weighted by Gasteiger charge is 2.27. The van der Waals surface area contributed by atoms with Gasteiger partial charge in [0.2, 0.25) is 5.91 Å². The number of amides is 1. The summed E-state index contributed by atoms with van der Waals surface area (Å²) < 4.78 is 23.4. The number of nitrogens with one attached hydrogen (secondary N) is 1. The largest absolute Gasteiger partial charge is 0.472 e. The molecular weight excluding hydrogens is 635 g/mol. The zero-order valence-electron chi connectivity index (χ0n) is 32.7. The van der Waals surface area contributed by atoms with Gasteiger partial charge in [0.1, 0.15) is 13.2 Å². The Kier molecular flexibility index (Phi) is 32.2. The fourth-order valence-corrected chi connectivity index (χ4v) is 6.38. The molecule has 0 radical (unpaired) electrons. The van der Waals surface area contributed by atoms with Crippen molar-refractivity contribution in [3.05, 3.63) is 24.3 Å². The van der Waals surface area contributed by atoms with Crippen molar-refractivity contribution < 1.29 is 32.9 Å². The standard InChI is InChI=1S/C40H79N2O6P/c1-6-8-10-12-14-16-18-20-21-22-24-26-28-30-32-34-40(44)41-38(37-48-49(45,46)47-36-35-42(3,4)5)39(43)33-31-29-27-25-23-19-17-15-13-11-9-7-2/h23,25,31,33,38-39,43H,6-22,24,26-30,32,34-37H2,1-5H3,(H-,41,44,45,46)/p+1/b25-23+,33-31+. The predicted molar refractivity (Wildman–Crippen MR) is 208 cm³/mol. The maximum atomic E-state index is 12.8. The Labute approximate surface area is 303 Å². The average molecular weight is 716 g/mol. The Morgan fingerprint density at radius 2 is 1.12 bits per heavy atom. The summed E-state index contributed by atoms with van der Waals surface area (Å²) in [6, 6.07) is -0.856. The van der Waals surface area contributed by atoms with Gasteiger partial charge in [-0.25, -0.2) is 4.57 Å². The fourth-order valence-electron chi connectivity index (χ4n) is 5.64. The van der Waals surface area contributed by atoms with Gasteiger partial charge in [-0.15, -0.1) is 0 Å². The Balaban J connectivity index is 4.51. The Hall–Kier alpha value is -1.02. The van der Waals surface area contributed by atoms with Gasteiger partial charge in [-0.1, -0.05) is 160 Å². The van der Waals surface area contributed by atoms with E-state index in [0.29, 0.717) is 17.4 Å². The summed E-state index contributed by atoms with van der Waals surface area (Å²) in [4.78, 5) is 23.0. The maximum absolute atomic E-state index is 12.8. The van der Waals surface area contributed by atoms with Crippen LogP contribution in [0.15, 0.2) is 24.3 Å². The van der Waals surface area contributed by atoms with Crippen molar-refractivity contribution in [2.45, 2.75) is 187 Å². The van der Waals surface area contributed by atoms with Crippen LogP contribution in [0.4, 0.5) is 0 Å². The first-order valence-electron chi connectivity index (χ1n) is 20.2. The molecule has 3 N–H and O–H groups in total. The Bertz CT molecular complexity index is 860. The zero-order chi connectivity index (χ0) is 36.5. The first kappa shape index (κ1) is 48.0. The second-order valence-electron chi connectivity index (χ2n) is 15.0. The van der Waals surface area contributed by atoms with Gasteiger partial charge >= 0.3 is 7.82 Å². The number of rotatable bonds is 36. The van der Waals surface area contributed by atoms with Gasteiger partial charge in [-0.3, -0.25) is 13.8 Å². The third-order valence-corrected chi connectivity index (χ3v) is 9.91. The lowest BCUT2D eigenvalue weighted by molar-refractivity contribution is -0.870. The van der Waals surface area contributed by atoms with E-state index < -0.39 is 20.0 Å². The lowest BCUT2D eigenvalue weighted by Crippen LogP contribution is -2.45. The number of nitrogens with zero attached hydrogens (tertiary/aromatic N) is 1. The van der Waals surface area contributed by atoms with Crippen molar-refractivity contribution in [2.24, 2.45) is 0 Å². The van der Waals surface area contributed by atoms with Crippen molar-refractivity contribution in [2.75, 3.05) is 40.9 Å². The van der Waals surface area contributed by atoms with Crippen molar-refractivity contribution >= 4 is 13.7 Å². The van der Waals surface area contributed by atoms with Gasteiger partial charge in [-0.2, -0.15) is 0 Å². The summed E-state index contributed by atoms with van der Waals surface area (Å²) in [6.45, 7) is 4.77. The molecule has 0 rings (SSSR count). The summed E-state index contributed by atoms with van der Waals surface area (Å²) >= 11 is 0. The lowest BCUT2D eigenvalue weighted by Gasteiger charge is -2.25. The van der Waals surface area contributed by atoms with E-state index >= 15 is 0 Å². The van der Waals surface area contributed by atoms with Crippen LogP contribution in [0.25, 0.3) is 0 Å². The van der Waals surface area contributed by atoms with E-state index in [2.05, 4.69) is 31.3 Å². The molecule has 3 unspecified atom stereocenters. The normalized spacial score (nSPS) is 14.8. The van der Waals surface area contributed by atoms with Crippen LogP contribution in [-0.4, -0.2) is 73.4 Å². The Morgan fingerprint density at radius 1 is 0.673 bits per heavy atom. The van der Waals surface area contributed by atoms with Crippen LogP contribution in [0.3, 0.4) is 0 Å². The van der Waals surface area contributed by atoms with Crippen molar-refractivity contribution in [1.29, 1.82) is 0 Å². The van der Waals surface area contributed by atoms with Gasteiger partial charge in [-0.05, 0) is 32.1 Å². The van der Waals surface area contributed by atoms with Gasteiger partial charge < -0.3 is 19.8 Å². The van der Waals surface area contributed by atoms with E-state index in [1.165, 1.54) is 116 Å². The zero-order valence-corrected chi connectivity index (χ0v) is 33.6. The number of unbranched alkanes of at least 4 members (excludes halogenated alkanes) is 21. The number of hydrogen-bond acceptors (Lipinski definition) is 5. The van der Waals surface area contributed by atoms with Gasteiger partial charge in [0.15, 0.2) is 0 Å². The summed E-state index contributed by atoms with van der Waals surface area (Å²) in [5, 5.41) is 13.7. The van der Waals surface area contributed by atoms with Crippen molar-refractivity contribution in [1.82, 2.24) is 5.32 Å². The minimum Gasteiger partial charge on any atom is -0.387 e. The molecule has 290 valence electrons. The number of allylic oxidation sites excluding steroid dienone is 3. The third-order valence-electron chi connectivity index (χ3n) is 8.92. The van der Waals surface area contributed by atoms with Crippen LogP contribution < -0.4 is 5.32 Å². The molecule has 0 fully saturated rings. The molecule has 0 saturated heterocycles. The number of aliphatic hydroxyl groups excluding tert-OH is 1. The molecule has 8 nitrogen and oxygen atoms in total. The van der Waals surface area contributed by atoms with Crippen molar-refractivity contribution in [3.63, 3.8) is 0 Å². The molecule has 0 bridgehead atoms. The van der Waals surface area contributed by atoms with E-state index in [9.17, 15) is 19.4 Å². The molecule has 1 amide bonds. The molecule has 0 aromatic heterocycles. The number of carbonyl (C=O) groups excluding carboxylic acids is 1. The van der Waals surface area contributed by atoms with Gasteiger partial charge in [0, 0.05) is 6.42 Å². The van der Waals surface area contributed by atoms with Crippen LogP contribution in [-0.2, 0) is 18.4 Å². The molecule has 3 atom stereocenters. The quantitative estimate of drug-likeness (QED) is 0.0258. The molecule has 0 saturated carbocycles. The van der Waals surface area contributed by atoms with Gasteiger partial charge in [0.25, 0.3) is 0 Å². The molecule has 9 heteroatoms. The summed E-state index contributed by atoms with van der Waals surface area (Å²) in [7, 11) is 1.56. The van der Waals surface area contributed by atoms with Crippen LogP contribution in [0.1, 0.15) is 174 Å². The molecule has 0 aliphatic rings. The van der Waals surface area contributed by atoms with Crippen LogP contribution >= 0.6 is 7.82 Å². The monoisotopic (exact) mass is 716 g/mol. The highest BCUT2D eigenvalue weighted by molar-refractivity contribution is 7.47. The van der Waals surface area contributed by atoms with E-state index in [1.807, 2.05) is 27.2 Å². The number of aliphatic hydroxyl groups is 1. The number of quaternary nitrogens is 1. The Morgan fingerprint density at radius 3 is 1.63 bits per heavy atom. The molecule has 0 aliphatic heterocycles. The number of carbonyl (C=O) groups is 1. The molecule has 0 aromatic rings. The summed E-state index contributed by atoms with van der Waals surface area (Å²) in [6.07, 6.45) is 36.7. The first-order chi connectivity index (χ1) is 23.5. The molecular formula is C40H80N2O6P+. The number of phosphoric ester groups is 1. The highest BCUT2D eigenvalue weighted by atomic mass is 31.2. The van der Waals surface area contributed by atoms with E-state index in [-0.39, 0.29) is 19.1 Å². The first-order valence-corrected chi connectivity index (χ1v) is 21.7. The fraction of sp³-hybridized carbons (Fsp3) is 0.875. The average Bonchev–Trinajstić information content (AvgIpc) is 3.04. The highest BCUT2D eigenvalue weighted by Crippen LogP contribution is 2.43. The molecule has 49 heavy (non-hydrogen) atoms. The van der Waals surface area contributed by atoms with E-state index in [1.54, 1.807) is 6.08 Å². The third kappa shape index (κ3) is 35.2. The predicted octanol–water partition coefficient (Wildman–Crippen LogP) is 10.6. The number of hydrogen-bond donors (Lipinski definition) is 3. The lowest BCUT2D eigenvalue weighted by atomic mass is 10.0. The molecule has 0 heterocycles. The summed E-state index contributed by atoms with van der Waals surface area (Å²) in [5.74, 6) is -0.188. The second-order valence-corrected chi connectivity index (χ2v) is 16.5.